The number of halogens is 2. The topological polar surface area (TPSA) is 9.23 Å². The van der Waals surface area contributed by atoms with Crippen LogP contribution in [-0.2, 0) is 5.33 Å². The van der Waals surface area contributed by atoms with Gasteiger partial charge in [0, 0.05) is 9.80 Å². The number of hydrogen-bond donors (Lipinski definition) is 0. The van der Waals surface area contributed by atoms with Crippen LogP contribution in [-0.4, -0.2) is 0 Å². The quantitative estimate of drug-likeness (QED) is 0.625. The fourth-order valence-electron chi connectivity index (χ4n) is 1.64. The Morgan fingerprint density at radius 3 is 2.50 bits per heavy atom. The van der Waals surface area contributed by atoms with Gasteiger partial charge >= 0.3 is 0 Å². The first-order chi connectivity index (χ1) is 8.60. The van der Waals surface area contributed by atoms with Gasteiger partial charge in [0.1, 0.15) is 11.5 Å². The molecule has 0 saturated carbocycles. The van der Waals surface area contributed by atoms with E-state index in [4.69, 9.17) is 4.74 Å². The van der Waals surface area contributed by atoms with Crippen molar-refractivity contribution in [2.45, 2.75) is 19.2 Å². The predicted octanol–water partition coefficient (Wildman–Crippen LogP) is 5.75. The van der Waals surface area contributed by atoms with Crippen molar-refractivity contribution in [3.05, 3.63) is 57.6 Å². The molecule has 3 heteroatoms. The van der Waals surface area contributed by atoms with E-state index in [1.54, 1.807) is 0 Å². The summed E-state index contributed by atoms with van der Waals surface area (Å²) in [6.45, 7) is 4.12. The van der Waals surface area contributed by atoms with Crippen LogP contribution in [0.15, 0.2) is 40.9 Å². The van der Waals surface area contributed by atoms with Crippen molar-refractivity contribution < 1.29 is 4.74 Å². The summed E-state index contributed by atoms with van der Waals surface area (Å²) in [7, 11) is 0. The zero-order valence-corrected chi connectivity index (χ0v) is 13.5. The number of hydrogen-bond acceptors (Lipinski definition) is 1. The van der Waals surface area contributed by atoms with E-state index in [-0.39, 0.29) is 0 Å². The average molecular weight is 370 g/mol. The third-order valence-electron chi connectivity index (χ3n) is 2.74. The highest BCUT2D eigenvalue weighted by molar-refractivity contribution is 9.10. The molecule has 1 nitrogen and oxygen atoms in total. The van der Waals surface area contributed by atoms with E-state index in [1.807, 2.05) is 12.1 Å². The maximum Gasteiger partial charge on any atom is 0.130 e. The van der Waals surface area contributed by atoms with Gasteiger partial charge in [-0.05, 0) is 48.7 Å². The standard InChI is InChI=1S/C15H14Br2O/c1-10-3-4-11(2)15(7-10)18-13-6-5-12(9-16)14(17)8-13/h3-8H,9H2,1-2H3. The molecule has 0 heterocycles. The van der Waals surface area contributed by atoms with E-state index < -0.39 is 0 Å². The van der Waals surface area contributed by atoms with E-state index in [2.05, 4.69) is 70.0 Å². The predicted molar refractivity (Wildman–Crippen MR) is 82.8 cm³/mol. The molecular formula is C15H14Br2O. The molecule has 0 aliphatic carbocycles. The van der Waals surface area contributed by atoms with E-state index in [0.29, 0.717) is 0 Å². The fourth-order valence-corrected chi connectivity index (χ4v) is 3.01. The van der Waals surface area contributed by atoms with Gasteiger partial charge in [0.2, 0.25) is 0 Å². The van der Waals surface area contributed by atoms with Gasteiger partial charge in [-0.3, -0.25) is 0 Å². The summed E-state index contributed by atoms with van der Waals surface area (Å²) in [4.78, 5) is 0. The maximum absolute atomic E-state index is 5.92. The van der Waals surface area contributed by atoms with Crippen LogP contribution in [0.5, 0.6) is 11.5 Å². The highest BCUT2D eigenvalue weighted by atomic mass is 79.9. The van der Waals surface area contributed by atoms with Crippen LogP contribution in [0, 0.1) is 13.8 Å². The van der Waals surface area contributed by atoms with Crippen LogP contribution in [0.25, 0.3) is 0 Å². The normalized spacial score (nSPS) is 10.4. The van der Waals surface area contributed by atoms with Crippen LogP contribution < -0.4 is 4.74 Å². The Kier molecular flexibility index (Phi) is 4.46. The largest absolute Gasteiger partial charge is 0.457 e. The third kappa shape index (κ3) is 3.15. The molecule has 2 aromatic rings. The second-order valence-corrected chi connectivity index (χ2v) is 5.67. The third-order valence-corrected chi connectivity index (χ3v) is 4.08. The first-order valence-electron chi connectivity index (χ1n) is 5.69. The van der Waals surface area contributed by atoms with Gasteiger partial charge in [0.05, 0.1) is 0 Å². The number of alkyl halides is 1. The molecule has 0 unspecified atom stereocenters. The van der Waals surface area contributed by atoms with E-state index in [9.17, 15) is 0 Å². The lowest BCUT2D eigenvalue weighted by Crippen LogP contribution is -1.89. The van der Waals surface area contributed by atoms with Gasteiger partial charge in [-0.1, -0.05) is 50.1 Å². The molecule has 2 aromatic carbocycles. The van der Waals surface area contributed by atoms with Crippen LogP contribution in [0.2, 0.25) is 0 Å². The van der Waals surface area contributed by atoms with Gasteiger partial charge in [-0.25, -0.2) is 0 Å². The summed E-state index contributed by atoms with van der Waals surface area (Å²) < 4.78 is 6.98. The summed E-state index contributed by atoms with van der Waals surface area (Å²) in [5, 5.41) is 0.831. The van der Waals surface area contributed by atoms with Crippen molar-refractivity contribution in [2.24, 2.45) is 0 Å². The lowest BCUT2D eigenvalue weighted by atomic mass is 10.1. The molecule has 18 heavy (non-hydrogen) atoms. The summed E-state index contributed by atoms with van der Waals surface area (Å²) in [5.41, 5.74) is 3.55. The SMILES string of the molecule is Cc1ccc(C)c(Oc2ccc(CBr)c(Br)c2)c1. The highest BCUT2D eigenvalue weighted by Gasteiger charge is 2.04. The molecule has 0 aliphatic rings. The molecule has 0 spiro atoms. The zero-order chi connectivity index (χ0) is 13.1. The summed E-state index contributed by atoms with van der Waals surface area (Å²) in [5.74, 6) is 1.76. The number of rotatable bonds is 3. The molecule has 0 bridgehead atoms. The number of aryl methyl sites for hydroxylation is 2. The van der Waals surface area contributed by atoms with Gasteiger partial charge in [-0.2, -0.15) is 0 Å². The molecular weight excluding hydrogens is 356 g/mol. The summed E-state index contributed by atoms with van der Waals surface area (Å²) in [6, 6.07) is 12.3. The minimum Gasteiger partial charge on any atom is -0.457 e. The Labute approximate surface area is 124 Å². The monoisotopic (exact) mass is 368 g/mol. The van der Waals surface area contributed by atoms with Crippen molar-refractivity contribution in [3.8, 4) is 11.5 Å². The average Bonchev–Trinajstić information content (AvgIpc) is 2.34. The van der Waals surface area contributed by atoms with Crippen LogP contribution in [0.3, 0.4) is 0 Å². The van der Waals surface area contributed by atoms with Crippen LogP contribution in [0.1, 0.15) is 16.7 Å². The van der Waals surface area contributed by atoms with Crippen LogP contribution >= 0.6 is 31.9 Å². The Hall–Kier alpha value is -0.800. The molecule has 0 radical (unpaired) electrons. The summed E-state index contributed by atoms with van der Waals surface area (Å²) in [6.07, 6.45) is 0. The summed E-state index contributed by atoms with van der Waals surface area (Å²) >= 11 is 6.99. The van der Waals surface area contributed by atoms with Gasteiger partial charge in [0.15, 0.2) is 0 Å². The van der Waals surface area contributed by atoms with E-state index in [0.717, 1.165) is 26.9 Å². The lowest BCUT2D eigenvalue weighted by molar-refractivity contribution is 0.478. The Balaban J connectivity index is 2.28. The van der Waals surface area contributed by atoms with Crippen molar-refractivity contribution >= 4 is 31.9 Å². The first-order valence-corrected chi connectivity index (χ1v) is 7.61. The molecule has 94 valence electrons. The van der Waals surface area contributed by atoms with Crippen molar-refractivity contribution in [1.82, 2.24) is 0 Å². The minimum atomic E-state index is 0.831. The van der Waals surface area contributed by atoms with E-state index in [1.165, 1.54) is 11.1 Å². The molecule has 0 aromatic heterocycles. The van der Waals surface area contributed by atoms with Gasteiger partial charge in [0.25, 0.3) is 0 Å². The molecule has 0 atom stereocenters. The van der Waals surface area contributed by atoms with Gasteiger partial charge in [-0.15, -0.1) is 0 Å². The van der Waals surface area contributed by atoms with Crippen molar-refractivity contribution in [1.29, 1.82) is 0 Å². The van der Waals surface area contributed by atoms with E-state index >= 15 is 0 Å². The fraction of sp³-hybridized carbons (Fsp3) is 0.200. The zero-order valence-electron chi connectivity index (χ0n) is 10.3. The minimum absolute atomic E-state index is 0.831. The second kappa shape index (κ2) is 5.89. The number of benzene rings is 2. The smallest absolute Gasteiger partial charge is 0.130 e. The molecule has 0 amide bonds. The lowest BCUT2D eigenvalue weighted by Gasteiger charge is -2.11. The number of ether oxygens (including phenoxy) is 1. The van der Waals surface area contributed by atoms with Crippen LogP contribution in [0.4, 0.5) is 0 Å². The molecule has 0 fully saturated rings. The molecule has 0 N–H and O–H groups in total. The van der Waals surface area contributed by atoms with Crippen molar-refractivity contribution in [2.75, 3.05) is 0 Å². The Morgan fingerprint density at radius 2 is 1.83 bits per heavy atom. The molecule has 2 rings (SSSR count). The van der Waals surface area contributed by atoms with Crippen molar-refractivity contribution in [3.63, 3.8) is 0 Å². The molecule has 0 aliphatic heterocycles. The highest BCUT2D eigenvalue weighted by Crippen LogP contribution is 2.30. The van der Waals surface area contributed by atoms with Gasteiger partial charge < -0.3 is 4.74 Å². The Bertz CT molecular complexity index is 564. The first kappa shape index (κ1) is 13.6. The Morgan fingerprint density at radius 1 is 1.06 bits per heavy atom. The molecule has 0 saturated heterocycles. The second-order valence-electron chi connectivity index (χ2n) is 4.26. The maximum atomic E-state index is 5.92.